The molecule has 0 aliphatic carbocycles. The molecule has 29 heavy (non-hydrogen) atoms. The Morgan fingerprint density at radius 1 is 0.966 bits per heavy atom. The van der Waals surface area contributed by atoms with Crippen molar-refractivity contribution in [1.29, 1.82) is 0 Å². The average Bonchev–Trinajstić information content (AvgIpc) is 2.75. The molecule has 3 aromatic rings. The Labute approximate surface area is 192 Å². The van der Waals surface area contributed by atoms with Gasteiger partial charge in [0.1, 0.15) is 5.75 Å². The molecule has 150 valence electrons. The first-order chi connectivity index (χ1) is 14.0. The average molecular weight is 506 g/mol. The van der Waals surface area contributed by atoms with Gasteiger partial charge in [-0.1, -0.05) is 66.7 Å². The number of nitrogens with zero attached hydrogens (tertiary/aromatic N) is 1. The third-order valence-corrected chi connectivity index (χ3v) is 4.94. The fourth-order valence-electron chi connectivity index (χ4n) is 3.50. The molecule has 0 amide bonds. The topological polar surface area (TPSA) is 32.6 Å². The van der Waals surface area contributed by atoms with Gasteiger partial charge in [0, 0.05) is 29.3 Å². The predicted octanol–water partition coefficient (Wildman–Crippen LogP) is 6.87. The molecule has 3 rings (SSSR count). The van der Waals surface area contributed by atoms with E-state index in [-0.39, 0.29) is 0 Å². The zero-order chi connectivity index (χ0) is 21.3. The molecule has 0 aliphatic heterocycles. The van der Waals surface area contributed by atoms with Crippen LogP contribution in [0.3, 0.4) is 0 Å². The van der Waals surface area contributed by atoms with Crippen LogP contribution in [0.5, 0.6) is 5.75 Å². The molecule has 0 atom stereocenters. The fraction of sp³-hybridized carbons (Fsp3) is 0.208. The van der Waals surface area contributed by atoms with Crippen LogP contribution in [-0.4, -0.2) is 17.9 Å². The maximum absolute atomic E-state index is 11.1. The minimum atomic E-state index is -0.826. The molecule has 1 N–H and O–H groups in total. The quantitative estimate of drug-likeness (QED) is 0.298. The Morgan fingerprint density at radius 2 is 1.45 bits per heavy atom. The van der Waals surface area contributed by atoms with Crippen molar-refractivity contribution in [3.63, 3.8) is 0 Å². The second kappa shape index (κ2) is 11.7. The van der Waals surface area contributed by atoms with Crippen LogP contribution in [0.4, 0.5) is 0 Å². The Bertz CT molecular complexity index is 891. The summed E-state index contributed by atoms with van der Waals surface area (Å²) < 4.78 is 0. The van der Waals surface area contributed by atoms with Gasteiger partial charge in [-0.2, -0.15) is 0 Å². The molecule has 2 nitrogen and oxygen atoms in total. The van der Waals surface area contributed by atoms with Crippen LogP contribution < -0.4 is 0 Å². The molecule has 0 radical (unpaired) electrons. The summed E-state index contributed by atoms with van der Waals surface area (Å²) in [6.07, 6.45) is 1.77. The number of phenolic OH excluding ortho intramolecular Hbond substituents is 1. The van der Waals surface area contributed by atoms with E-state index in [0.717, 1.165) is 27.8 Å². The summed E-state index contributed by atoms with van der Waals surface area (Å²) in [5.74, 6) is 0.294. The van der Waals surface area contributed by atoms with E-state index in [1.807, 2.05) is 49.4 Å². The number of phenols is 1. The van der Waals surface area contributed by atoms with E-state index >= 15 is 0 Å². The number of aromatic hydroxyl groups is 1. The molecule has 0 unspecified atom stereocenters. The van der Waals surface area contributed by atoms with Crippen molar-refractivity contribution in [1.82, 2.24) is 0 Å². The number of hydrogen-bond donors (Lipinski definition) is 1. The molecule has 0 bridgehead atoms. The second-order valence-corrected chi connectivity index (χ2v) is 10.5. The van der Waals surface area contributed by atoms with Gasteiger partial charge in [-0.3, -0.25) is 4.99 Å². The molecular weight excluding hydrogens is 480 g/mol. The maximum atomic E-state index is 11.1. The van der Waals surface area contributed by atoms with Crippen molar-refractivity contribution >= 4 is 23.2 Å². The molecule has 0 aromatic heterocycles. The van der Waals surface area contributed by atoms with Gasteiger partial charge < -0.3 is 5.11 Å². The monoisotopic (exact) mass is 503 g/mol. The SMILES string of the molecule is CCN=Cc1cc(C)cc(C(C)(c2ccccc2)c2ccccc2)c1O.[Cl][Zr][Cl]. The first-order valence-corrected chi connectivity index (χ1v) is 15.7. The van der Waals surface area contributed by atoms with Gasteiger partial charge in [-0.05, 0) is 43.5 Å². The van der Waals surface area contributed by atoms with Crippen molar-refractivity contribution in [3.05, 3.63) is 101 Å². The standard InChI is InChI=1S/C24H25NO.2ClH.Zr/c1-4-25-17-19-15-18(2)16-22(23(19)26)24(3,20-11-7-5-8-12-20)21-13-9-6-10-14-21;;;/h5-17,26H,4H2,1-3H3;2*1H;/q;;;+2/p-2. The van der Waals surface area contributed by atoms with Crippen molar-refractivity contribution in [2.45, 2.75) is 26.2 Å². The van der Waals surface area contributed by atoms with Gasteiger partial charge in [0.2, 0.25) is 0 Å². The van der Waals surface area contributed by atoms with Gasteiger partial charge >= 0.3 is 37.9 Å². The van der Waals surface area contributed by atoms with Crippen LogP contribution in [0.25, 0.3) is 0 Å². The zero-order valence-corrected chi connectivity index (χ0v) is 20.8. The van der Waals surface area contributed by atoms with Crippen molar-refractivity contribution in [2.75, 3.05) is 6.54 Å². The van der Waals surface area contributed by atoms with Crippen LogP contribution in [0.1, 0.15) is 41.7 Å². The zero-order valence-electron chi connectivity index (χ0n) is 16.9. The van der Waals surface area contributed by atoms with E-state index in [9.17, 15) is 5.11 Å². The summed E-state index contributed by atoms with van der Waals surface area (Å²) in [5, 5.41) is 11.1. The number of aliphatic imine (C=N–C) groups is 1. The van der Waals surface area contributed by atoms with E-state index in [2.05, 4.69) is 49.2 Å². The van der Waals surface area contributed by atoms with Crippen LogP contribution in [0.15, 0.2) is 77.8 Å². The van der Waals surface area contributed by atoms with Crippen molar-refractivity contribution in [2.24, 2.45) is 4.99 Å². The molecule has 0 saturated carbocycles. The van der Waals surface area contributed by atoms with Crippen LogP contribution in [0.2, 0.25) is 0 Å². The molecule has 0 spiro atoms. The number of halogens is 2. The third kappa shape index (κ3) is 5.81. The van der Waals surface area contributed by atoms with E-state index < -0.39 is 26.3 Å². The van der Waals surface area contributed by atoms with E-state index in [0.29, 0.717) is 12.3 Å². The predicted molar refractivity (Wildman–Crippen MR) is 121 cm³/mol. The normalized spacial score (nSPS) is 11.1. The molecule has 0 fully saturated rings. The molecular formula is C24H25Cl2NOZr. The van der Waals surface area contributed by atoms with Crippen molar-refractivity contribution < 1.29 is 26.0 Å². The third-order valence-electron chi connectivity index (χ3n) is 4.94. The number of hydrogen-bond acceptors (Lipinski definition) is 2. The Hall–Kier alpha value is -1.41. The van der Waals surface area contributed by atoms with Crippen molar-refractivity contribution in [3.8, 4) is 5.75 Å². The second-order valence-electron chi connectivity index (χ2n) is 6.81. The van der Waals surface area contributed by atoms with Gasteiger partial charge in [-0.25, -0.2) is 0 Å². The summed E-state index contributed by atoms with van der Waals surface area (Å²) in [5.41, 5.74) is 4.59. The summed E-state index contributed by atoms with van der Waals surface area (Å²) >= 11 is -0.826. The molecule has 0 aliphatic rings. The molecule has 3 aromatic carbocycles. The molecule has 0 heterocycles. The van der Waals surface area contributed by atoms with E-state index in [1.165, 1.54) is 0 Å². The Morgan fingerprint density at radius 3 is 1.90 bits per heavy atom. The Kier molecular flexibility index (Phi) is 9.63. The van der Waals surface area contributed by atoms with E-state index in [1.54, 1.807) is 6.21 Å². The molecule has 0 saturated heterocycles. The van der Waals surface area contributed by atoms with Gasteiger partial charge in [-0.15, -0.1) is 0 Å². The first-order valence-electron chi connectivity index (χ1n) is 9.40. The summed E-state index contributed by atoms with van der Waals surface area (Å²) in [6, 6.07) is 24.8. The van der Waals surface area contributed by atoms with Gasteiger partial charge in [0.25, 0.3) is 0 Å². The summed E-state index contributed by atoms with van der Waals surface area (Å²) in [7, 11) is 9.87. The van der Waals surface area contributed by atoms with Crippen LogP contribution in [0, 0.1) is 6.92 Å². The summed E-state index contributed by atoms with van der Waals surface area (Å²) in [4.78, 5) is 4.33. The number of benzene rings is 3. The molecule has 5 heteroatoms. The minimum absolute atomic E-state index is 0.294. The number of aryl methyl sites for hydroxylation is 1. The van der Waals surface area contributed by atoms with Gasteiger partial charge in [0.05, 0.1) is 0 Å². The number of rotatable bonds is 5. The fourth-order valence-corrected chi connectivity index (χ4v) is 3.50. The Balaban J connectivity index is 0.000000941. The van der Waals surface area contributed by atoms with Gasteiger partial charge in [0.15, 0.2) is 0 Å². The van der Waals surface area contributed by atoms with Crippen LogP contribution in [-0.2, 0) is 26.3 Å². The first kappa shape index (κ1) is 23.9. The summed E-state index contributed by atoms with van der Waals surface area (Å²) in [6.45, 7) is 6.91. The van der Waals surface area contributed by atoms with E-state index in [4.69, 9.17) is 17.0 Å². The van der Waals surface area contributed by atoms with Crippen LogP contribution >= 0.6 is 17.0 Å².